The monoisotopic (exact) mass is 267 g/mol. The Balaban J connectivity index is 0. The number of likely N-dealkylation sites (N-methyl/N-ethyl adjacent to an activating group) is 1. The zero-order valence-electron chi connectivity index (χ0n) is 11.8. The third-order valence-corrected chi connectivity index (χ3v) is 2.38. The molecule has 0 amide bonds. The summed E-state index contributed by atoms with van der Waals surface area (Å²) in [7, 11) is 4.05. The summed E-state index contributed by atoms with van der Waals surface area (Å²) in [6, 6.07) is 0. The summed E-state index contributed by atoms with van der Waals surface area (Å²) in [5.74, 6) is -0.337. The second-order valence-electron chi connectivity index (χ2n) is 5.88. The van der Waals surface area contributed by atoms with Crippen LogP contribution in [0.5, 0.6) is 0 Å². The van der Waals surface area contributed by atoms with E-state index in [0.29, 0.717) is 11.0 Å². The van der Waals surface area contributed by atoms with Crippen LogP contribution in [0.1, 0.15) is 34.1 Å². The van der Waals surface area contributed by atoms with Gasteiger partial charge in [-0.05, 0) is 27.7 Å². The van der Waals surface area contributed by atoms with Crippen LogP contribution in [-0.2, 0) is 9.53 Å². The number of aliphatic hydroxyl groups is 1. The maximum absolute atomic E-state index is 11.5. The second kappa shape index (κ2) is 7.19. The fourth-order valence-corrected chi connectivity index (χ4v) is 1.34. The van der Waals surface area contributed by atoms with Gasteiger partial charge in [0.25, 0.3) is 0 Å². The first-order chi connectivity index (χ1) is 7.06. The molecule has 0 radical (unpaired) electrons. The van der Waals surface area contributed by atoms with Gasteiger partial charge >= 0.3 is 5.97 Å². The van der Waals surface area contributed by atoms with E-state index in [0.717, 1.165) is 6.54 Å². The third kappa shape index (κ3) is 10.5. The van der Waals surface area contributed by atoms with Crippen molar-refractivity contribution in [3.8, 4) is 0 Å². The predicted molar refractivity (Wildman–Crippen MR) is 64.0 cm³/mol. The molecule has 0 aliphatic heterocycles. The molecule has 104 valence electrons. The first-order valence-electron chi connectivity index (χ1n) is 5.77. The van der Waals surface area contributed by atoms with Crippen LogP contribution in [0.15, 0.2) is 0 Å². The standard InChI is InChI=1S/C12H26NO3.ClH/c1-7-13(5,6)9-10(14)8-11(15)16-12(2,3)4;/h10,14H,7-9H2,1-6H3;1H/q+1;/p-1. The van der Waals surface area contributed by atoms with E-state index in [1.165, 1.54) is 0 Å². The molecule has 0 bridgehead atoms. The highest BCUT2D eigenvalue weighted by Crippen LogP contribution is 2.10. The topological polar surface area (TPSA) is 46.5 Å². The van der Waals surface area contributed by atoms with Gasteiger partial charge in [0.05, 0.1) is 27.1 Å². The molecule has 0 aliphatic carbocycles. The molecule has 0 heterocycles. The van der Waals surface area contributed by atoms with Crippen LogP contribution < -0.4 is 12.4 Å². The fraction of sp³-hybridized carbons (Fsp3) is 0.917. The number of rotatable bonds is 5. The predicted octanol–water partition coefficient (Wildman–Crippen LogP) is -1.82. The van der Waals surface area contributed by atoms with Crippen molar-refractivity contribution in [1.82, 2.24) is 0 Å². The van der Waals surface area contributed by atoms with E-state index in [9.17, 15) is 9.90 Å². The Morgan fingerprint density at radius 2 is 1.82 bits per heavy atom. The van der Waals surface area contributed by atoms with Crippen LogP contribution in [0.3, 0.4) is 0 Å². The Kier molecular flexibility index (Phi) is 8.05. The van der Waals surface area contributed by atoms with E-state index in [1.54, 1.807) is 0 Å². The minimum Gasteiger partial charge on any atom is -1.00 e. The molecule has 0 aromatic rings. The number of carbonyl (C=O) groups excluding carboxylic acids is 1. The van der Waals surface area contributed by atoms with Crippen LogP contribution >= 0.6 is 0 Å². The van der Waals surface area contributed by atoms with Crippen molar-refractivity contribution < 1.29 is 31.5 Å². The van der Waals surface area contributed by atoms with Crippen LogP contribution in [0.2, 0.25) is 0 Å². The van der Waals surface area contributed by atoms with Crippen molar-refractivity contribution in [1.29, 1.82) is 0 Å². The van der Waals surface area contributed by atoms with E-state index >= 15 is 0 Å². The zero-order chi connectivity index (χ0) is 13.0. The largest absolute Gasteiger partial charge is 1.00 e. The number of hydrogen-bond acceptors (Lipinski definition) is 3. The van der Waals surface area contributed by atoms with E-state index in [1.807, 2.05) is 34.9 Å². The van der Waals surface area contributed by atoms with Crippen LogP contribution in [0.25, 0.3) is 0 Å². The number of hydrogen-bond donors (Lipinski definition) is 1. The highest BCUT2D eigenvalue weighted by molar-refractivity contribution is 5.70. The van der Waals surface area contributed by atoms with Gasteiger partial charge in [-0.1, -0.05) is 0 Å². The van der Waals surface area contributed by atoms with Crippen molar-refractivity contribution in [2.45, 2.75) is 45.8 Å². The summed E-state index contributed by atoms with van der Waals surface area (Å²) in [4.78, 5) is 11.5. The zero-order valence-corrected chi connectivity index (χ0v) is 12.5. The van der Waals surface area contributed by atoms with E-state index in [4.69, 9.17) is 4.74 Å². The van der Waals surface area contributed by atoms with Gasteiger partial charge in [0.2, 0.25) is 0 Å². The molecule has 0 rings (SSSR count). The minimum atomic E-state index is -0.634. The van der Waals surface area contributed by atoms with Crippen molar-refractivity contribution in [2.75, 3.05) is 27.2 Å². The van der Waals surface area contributed by atoms with Crippen molar-refractivity contribution in [2.24, 2.45) is 0 Å². The molecule has 1 unspecified atom stereocenters. The highest BCUT2D eigenvalue weighted by atomic mass is 35.5. The molecular weight excluding hydrogens is 242 g/mol. The summed E-state index contributed by atoms with van der Waals surface area (Å²) in [6.45, 7) is 9.01. The molecule has 4 nitrogen and oxygen atoms in total. The van der Waals surface area contributed by atoms with Crippen LogP contribution in [0, 0.1) is 0 Å². The van der Waals surface area contributed by atoms with Gasteiger partial charge in [0, 0.05) is 0 Å². The Hall–Kier alpha value is -0.320. The molecule has 0 spiro atoms. The molecule has 0 saturated carbocycles. The maximum atomic E-state index is 11.5. The Morgan fingerprint density at radius 1 is 1.35 bits per heavy atom. The minimum absolute atomic E-state index is 0. The lowest BCUT2D eigenvalue weighted by Crippen LogP contribution is -3.00. The second-order valence-corrected chi connectivity index (χ2v) is 5.88. The molecule has 5 heteroatoms. The Bertz CT molecular complexity index is 236. The summed E-state index contributed by atoms with van der Waals surface area (Å²) in [6.07, 6.45) is -0.566. The quantitative estimate of drug-likeness (QED) is 0.471. The number of quaternary nitrogens is 1. The van der Waals surface area contributed by atoms with Crippen molar-refractivity contribution in [3.63, 3.8) is 0 Å². The van der Waals surface area contributed by atoms with E-state index in [-0.39, 0.29) is 24.8 Å². The van der Waals surface area contributed by atoms with Gasteiger partial charge in [0.1, 0.15) is 18.2 Å². The lowest BCUT2D eigenvalue weighted by Gasteiger charge is -2.30. The van der Waals surface area contributed by atoms with Crippen LogP contribution in [-0.4, -0.2) is 54.4 Å². The number of ether oxygens (including phenoxy) is 1. The number of aliphatic hydroxyl groups excluding tert-OH is 1. The molecule has 17 heavy (non-hydrogen) atoms. The van der Waals surface area contributed by atoms with E-state index < -0.39 is 11.7 Å². The summed E-state index contributed by atoms with van der Waals surface area (Å²) < 4.78 is 5.85. The lowest BCUT2D eigenvalue weighted by atomic mass is 10.2. The fourth-order valence-electron chi connectivity index (χ4n) is 1.34. The Morgan fingerprint density at radius 3 is 2.18 bits per heavy atom. The summed E-state index contributed by atoms with van der Waals surface area (Å²) >= 11 is 0. The number of nitrogens with zero attached hydrogens (tertiary/aromatic N) is 1. The molecule has 1 N–H and O–H groups in total. The molecule has 0 aliphatic rings. The molecule has 0 saturated heterocycles. The first-order valence-corrected chi connectivity index (χ1v) is 5.77. The average Bonchev–Trinajstić information content (AvgIpc) is 1.98. The van der Waals surface area contributed by atoms with Crippen molar-refractivity contribution >= 4 is 5.97 Å². The van der Waals surface area contributed by atoms with Gasteiger partial charge in [-0.15, -0.1) is 0 Å². The lowest BCUT2D eigenvalue weighted by molar-refractivity contribution is -0.891. The number of esters is 1. The Labute approximate surface area is 111 Å². The molecule has 0 aromatic heterocycles. The number of halogens is 1. The molecular formula is C12H26ClNO3. The third-order valence-electron chi connectivity index (χ3n) is 2.38. The van der Waals surface area contributed by atoms with Crippen molar-refractivity contribution in [3.05, 3.63) is 0 Å². The van der Waals surface area contributed by atoms with E-state index in [2.05, 4.69) is 6.92 Å². The van der Waals surface area contributed by atoms with Gasteiger partial charge in [-0.25, -0.2) is 0 Å². The SMILES string of the molecule is CC[N+](C)(C)CC(O)CC(=O)OC(C)(C)C.[Cl-]. The van der Waals surface area contributed by atoms with Gasteiger partial charge in [0.15, 0.2) is 0 Å². The van der Waals surface area contributed by atoms with Gasteiger partial charge in [-0.3, -0.25) is 4.79 Å². The van der Waals surface area contributed by atoms with Gasteiger partial charge < -0.3 is 26.7 Å². The normalized spacial score (nSPS) is 13.8. The molecule has 1 atom stereocenters. The number of carbonyl (C=O) groups is 1. The maximum Gasteiger partial charge on any atom is 0.309 e. The smallest absolute Gasteiger partial charge is 0.309 e. The first kappa shape index (κ1) is 19.0. The average molecular weight is 268 g/mol. The van der Waals surface area contributed by atoms with Gasteiger partial charge in [-0.2, -0.15) is 0 Å². The summed E-state index contributed by atoms with van der Waals surface area (Å²) in [5, 5.41) is 9.77. The summed E-state index contributed by atoms with van der Waals surface area (Å²) in [5.41, 5.74) is -0.480. The van der Waals surface area contributed by atoms with Crippen LogP contribution in [0.4, 0.5) is 0 Å². The molecule has 0 aromatic carbocycles. The molecule has 0 fully saturated rings. The highest BCUT2D eigenvalue weighted by Gasteiger charge is 2.24.